The molecule has 7 heteroatoms. The van der Waals surface area contributed by atoms with Crippen LogP contribution in [0.3, 0.4) is 0 Å². The van der Waals surface area contributed by atoms with E-state index in [-0.39, 0.29) is 35.8 Å². The van der Waals surface area contributed by atoms with E-state index in [9.17, 15) is 4.79 Å². The Hall–Kier alpha value is -1.50. The highest BCUT2D eigenvalue weighted by Crippen LogP contribution is 2.31. The van der Waals surface area contributed by atoms with E-state index in [0.717, 1.165) is 43.0 Å². The topological polar surface area (TPSA) is 76.8 Å². The molecule has 3 N–H and O–H groups in total. The summed E-state index contributed by atoms with van der Waals surface area (Å²) in [5, 5.41) is 3.06. The highest BCUT2D eigenvalue weighted by atomic mass is 35.5. The number of piperidine rings is 1. The summed E-state index contributed by atoms with van der Waals surface area (Å²) in [4.78, 5) is 14.8. The largest absolute Gasteiger partial charge is 0.486 e. The van der Waals surface area contributed by atoms with Crippen molar-refractivity contribution in [1.82, 2.24) is 10.2 Å². The first-order valence-corrected chi connectivity index (χ1v) is 9.53. The number of nitrogens with one attached hydrogen (secondary N) is 1. The summed E-state index contributed by atoms with van der Waals surface area (Å²) in [5.74, 6) is 1.66. The van der Waals surface area contributed by atoms with Gasteiger partial charge in [0.1, 0.15) is 13.2 Å². The summed E-state index contributed by atoms with van der Waals surface area (Å²) >= 11 is 0. The highest BCUT2D eigenvalue weighted by molar-refractivity contribution is 5.85. The number of likely N-dealkylation sites (tertiary alicyclic amines) is 1. The Labute approximate surface area is 168 Å². The van der Waals surface area contributed by atoms with Crippen LogP contribution in [0.2, 0.25) is 0 Å². The normalized spacial score (nSPS) is 22.4. The van der Waals surface area contributed by atoms with Crippen LogP contribution in [0.5, 0.6) is 11.5 Å². The molecule has 0 aromatic heterocycles. The van der Waals surface area contributed by atoms with Gasteiger partial charge in [-0.05, 0) is 42.9 Å². The van der Waals surface area contributed by atoms with Gasteiger partial charge < -0.3 is 20.5 Å². The zero-order chi connectivity index (χ0) is 18.7. The number of fused-ring (bicyclic) bond motifs is 1. The van der Waals surface area contributed by atoms with Gasteiger partial charge in [0, 0.05) is 25.7 Å². The molecule has 2 aliphatic rings. The van der Waals surface area contributed by atoms with Crippen molar-refractivity contribution < 1.29 is 14.3 Å². The van der Waals surface area contributed by atoms with E-state index in [0.29, 0.717) is 19.8 Å². The van der Waals surface area contributed by atoms with Crippen molar-refractivity contribution in [1.29, 1.82) is 0 Å². The molecule has 1 aromatic rings. The summed E-state index contributed by atoms with van der Waals surface area (Å²) in [6, 6.07) is 6.02. The number of rotatable bonds is 5. The van der Waals surface area contributed by atoms with E-state index in [1.165, 1.54) is 0 Å². The third-order valence-corrected chi connectivity index (χ3v) is 5.59. The molecule has 6 nitrogen and oxygen atoms in total. The van der Waals surface area contributed by atoms with Crippen LogP contribution >= 0.6 is 12.4 Å². The van der Waals surface area contributed by atoms with Gasteiger partial charge in [0.05, 0.1) is 6.04 Å². The lowest BCUT2D eigenvalue weighted by Gasteiger charge is -2.44. The van der Waals surface area contributed by atoms with Crippen LogP contribution in [0.15, 0.2) is 18.2 Å². The Bertz CT molecular complexity index is 653. The summed E-state index contributed by atoms with van der Waals surface area (Å²) in [6.45, 7) is 9.85. The van der Waals surface area contributed by atoms with Gasteiger partial charge in [-0.1, -0.05) is 19.9 Å². The fourth-order valence-electron chi connectivity index (χ4n) is 3.63. The second-order valence-electron chi connectivity index (χ2n) is 8.05. The van der Waals surface area contributed by atoms with Gasteiger partial charge in [0.25, 0.3) is 0 Å². The van der Waals surface area contributed by atoms with E-state index < -0.39 is 0 Å². The molecule has 152 valence electrons. The number of halogens is 1. The summed E-state index contributed by atoms with van der Waals surface area (Å²) in [7, 11) is 0. The minimum absolute atomic E-state index is 0. The number of nitrogens with two attached hydrogens (primary N) is 1. The van der Waals surface area contributed by atoms with Crippen molar-refractivity contribution in [3.05, 3.63) is 23.8 Å². The third kappa shape index (κ3) is 5.27. The third-order valence-electron chi connectivity index (χ3n) is 5.59. The smallest absolute Gasteiger partial charge is 0.237 e. The second-order valence-corrected chi connectivity index (χ2v) is 8.05. The number of hydrogen-bond donors (Lipinski definition) is 2. The van der Waals surface area contributed by atoms with Crippen LogP contribution in [0.4, 0.5) is 0 Å². The van der Waals surface area contributed by atoms with E-state index in [1.54, 1.807) is 0 Å². The Balaban J connectivity index is 0.00000261. The molecule has 0 saturated carbocycles. The van der Waals surface area contributed by atoms with E-state index in [1.807, 2.05) is 25.1 Å². The molecule has 2 atom stereocenters. The van der Waals surface area contributed by atoms with Gasteiger partial charge in [0.15, 0.2) is 11.5 Å². The lowest BCUT2D eigenvalue weighted by atomic mass is 9.79. The van der Waals surface area contributed by atoms with Crippen LogP contribution in [0.25, 0.3) is 0 Å². The molecule has 0 spiro atoms. The molecule has 0 radical (unpaired) electrons. The van der Waals surface area contributed by atoms with E-state index in [2.05, 4.69) is 24.1 Å². The monoisotopic (exact) mass is 397 g/mol. The molecule has 2 heterocycles. The predicted octanol–water partition coefficient (Wildman–Crippen LogP) is 1.99. The Morgan fingerprint density at radius 1 is 1.33 bits per heavy atom. The minimum Gasteiger partial charge on any atom is -0.486 e. The number of nitrogens with zero attached hydrogens (tertiary/aromatic N) is 1. The average Bonchev–Trinajstić information content (AvgIpc) is 2.63. The lowest BCUT2D eigenvalue weighted by molar-refractivity contribution is -0.127. The van der Waals surface area contributed by atoms with Crippen LogP contribution in [0.1, 0.15) is 32.8 Å². The molecule has 3 rings (SSSR count). The molecular weight excluding hydrogens is 366 g/mol. The number of benzene rings is 1. The molecule has 2 aliphatic heterocycles. The number of carbonyl (C=O) groups excluding carboxylic acids is 1. The SMILES string of the molecule is CC(C(=O)NCCc1ccc2c(c1)OCCO2)N1CCC(N)C(C)(C)C1.Cl. The second kappa shape index (κ2) is 9.13. The Morgan fingerprint density at radius 3 is 2.74 bits per heavy atom. The zero-order valence-corrected chi connectivity index (χ0v) is 17.3. The summed E-state index contributed by atoms with van der Waals surface area (Å²) < 4.78 is 11.1. The standard InChI is InChI=1S/C20H31N3O3.ClH/c1-14(23-9-7-18(21)20(2,3)13-23)19(24)22-8-6-15-4-5-16-17(12-15)26-11-10-25-16;/h4-5,12,14,18H,6-11,13,21H2,1-3H3,(H,22,24);1H. The van der Waals surface area contributed by atoms with E-state index in [4.69, 9.17) is 15.2 Å². The van der Waals surface area contributed by atoms with Crippen molar-refractivity contribution in [2.24, 2.45) is 11.1 Å². The van der Waals surface area contributed by atoms with Crippen LogP contribution in [-0.2, 0) is 11.2 Å². The summed E-state index contributed by atoms with van der Waals surface area (Å²) in [6.07, 6.45) is 1.70. The van der Waals surface area contributed by atoms with E-state index >= 15 is 0 Å². The van der Waals surface area contributed by atoms with Crippen LogP contribution in [0, 0.1) is 5.41 Å². The fourth-order valence-corrected chi connectivity index (χ4v) is 3.63. The molecule has 1 aromatic carbocycles. The van der Waals surface area contributed by atoms with Gasteiger partial charge in [-0.3, -0.25) is 9.69 Å². The van der Waals surface area contributed by atoms with Crippen molar-refractivity contribution in [3.63, 3.8) is 0 Å². The maximum atomic E-state index is 12.5. The quantitative estimate of drug-likeness (QED) is 0.794. The summed E-state index contributed by atoms with van der Waals surface area (Å²) in [5.41, 5.74) is 7.37. The molecule has 0 bridgehead atoms. The van der Waals surface area contributed by atoms with Crippen molar-refractivity contribution in [2.45, 2.75) is 45.7 Å². The van der Waals surface area contributed by atoms with Gasteiger partial charge in [-0.2, -0.15) is 0 Å². The minimum atomic E-state index is -0.137. The number of amides is 1. The van der Waals surface area contributed by atoms with Crippen molar-refractivity contribution >= 4 is 18.3 Å². The van der Waals surface area contributed by atoms with Gasteiger partial charge in [0.2, 0.25) is 5.91 Å². The fraction of sp³-hybridized carbons (Fsp3) is 0.650. The number of carbonyl (C=O) groups is 1. The molecule has 2 unspecified atom stereocenters. The van der Waals surface area contributed by atoms with Crippen LogP contribution < -0.4 is 20.5 Å². The zero-order valence-electron chi connectivity index (χ0n) is 16.5. The molecule has 1 saturated heterocycles. The lowest BCUT2D eigenvalue weighted by Crippen LogP contribution is -2.57. The van der Waals surface area contributed by atoms with Gasteiger partial charge in [-0.25, -0.2) is 0 Å². The maximum absolute atomic E-state index is 12.5. The van der Waals surface area contributed by atoms with Gasteiger partial charge in [-0.15, -0.1) is 12.4 Å². The molecule has 1 fully saturated rings. The number of ether oxygens (including phenoxy) is 2. The first-order chi connectivity index (χ1) is 12.4. The predicted molar refractivity (Wildman–Crippen MR) is 109 cm³/mol. The van der Waals surface area contributed by atoms with Crippen molar-refractivity contribution in [3.8, 4) is 11.5 Å². The van der Waals surface area contributed by atoms with Crippen molar-refractivity contribution in [2.75, 3.05) is 32.8 Å². The molecule has 27 heavy (non-hydrogen) atoms. The first-order valence-electron chi connectivity index (χ1n) is 9.53. The average molecular weight is 398 g/mol. The van der Waals surface area contributed by atoms with Crippen LogP contribution in [-0.4, -0.2) is 55.7 Å². The molecular formula is C20H32ClN3O3. The number of hydrogen-bond acceptors (Lipinski definition) is 5. The molecule has 0 aliphatic carbocycles. The Morgan fingerprint density at radius 2 is 2.04 bits per heavy atom. The van der Waals surface area contributed by atoms with Gasteiger partial charge >= 0.3 is 0 Å². The highest BCUT2D eigenvalue weighted by Gasteiger charge is 2.36. The Kier molecular flexibility index (Phi) is 7.37. The first kappa shape index (κ1) is 21.8. The maximum Gasteiger partial charge on any atom is 0.237 e. The molecule has 1 amide bonds.